The third-order valence-electron chi connectivity index (χ3n) is 2.58. The highest BCUT2D eigenvalue weighted by atomic mass is 32.9. The Kier molecular flexibility index (Phi) is 5.32. The molecule has 0 saturated heterocycles. The van der Waals surface area contributed by atoms with E-state index in [0.29, 0.717) is 11.4 Å². The SMILES string of the molecule is Cc1ccc(S(=O)(=O)Oc2ccccc2SP(O)(O)=S)cc1. The smallest absolute Gasteiger partial charge is 0.339 e. The summed E-state index contributed by atoms with van der Waals surface area (Å²) < 4.78 is 29.6. The summed E-state index contributed by atoms with van der Waals surface area (Å²) in [5, 5.41) is 0. The van der Waals surface area contributed by atoms with Gasteiger partial charge in [-0.1, -0.05) is 29.8 Å². The van der Waals surface area contributed by atoms with Gasteiger partial charge >= 0.3 is 10.1 Å². The molecular weight excluding hydrogens is 363 g/mol. The summed E-state index contributed by atoms with van der Waals surface area (Å²) in [4.78, 5) is 19.0. The maximum absolute atomic E-state index is 12.3. The van der Waals surface area contributed by atoms with Crippen LogP contribution in [0, 0.1) is 6.92 Å². The minimum absolute atomic E-state index is 0.00500. The molecule has 5 nitrogen and oxygen atoms in total. The fraction of sp³-hybridized carbons (Fsp3) is 0.0769. The van der Waals surface area contributed by atoms with Crippen LogP contribution in [0.25, 0.3) is 0 Å². The van der Waals surface area contributed by atoms with Crippen LogP contribution in [0.2, 0.25) is 0 Å². The largest absolute Gasteiger partial charge is 0.378 e. The molecule has 2 aromatic rings. The average Bonchev–Trinajstić information content (AvgIpc) is 2.39. The molecule has 0 aliphatic heterocycles. The maximum atomic E-state index is 12.3. The van der Waals surface area contributed by atoms with Gasteiger partial charge in [0.1, 0.15) is 4.90 Å². The molecule has 0 saturated carbocycles. The van der Waals surface area contributed by atoms with E-state index in [-0.39, 0.29) is 15.5 Å². The van der Waals surface area contributed by atoms with Gasteiger partial charge in [-0.05, 0) is 54.4 Å². The molecule has 0 unspecified atom stereocenters. The molecule has 0 spiro atoms. The van der Waals surface area contributed by atoms with Crippen LogP contribution in [0.15, 0.2) is 58.3 Å². The molecule has 0 bridgehead atoms. The van der Waals surface area contributed by atoms with E-state index in [9.17, 15) is 18.2 Å². The molecule has 0 aliphatic rings. The molecule has 2 N–H and O–H groups in total. The maximum Gasteiger partial charge on any atom is 0.339 e. The number of aryl methyl sites for hydroxylation is 1. The van der Waals surface area contributed by atoms with Gasteiger partial charge in [-0.15, -0.1) is 0 Å². The Labute approximate surface area is 138 Å². The lowest BCUT2D eigenvalue weighted by Crippen LogP contribution is -2.10. The van der Waals surface area contributed by atoms with Crippen molar-refractivity contribution in [2.75, 3.05) is 0 Å². The van der Waals surface area contributed by atoms with Crippen LogP contribution in [0.3, 0.4) is 0 Å². The molecule has 0 aromatic heterocycles. The minimum atomic E-state index is -4.01. The van der Waals surface area contributed by atoms with Crippen molar-refractivity contribution < 1.29 is 22.4 Å². The molecule has 0 atom stereocenters. The van der Waals surface area contributed by atoms with Crippen molar-refractivity contribution in [2.24, 2.45) is 0 Å². The van der Waals surface area contributed by atoms with E-state index >= 15 is 0 Å². The van der Waals surface area contributed by atoms with Crippen molar-refractivity contribution in [1.29, 1.82) is 0 Å². The number of para-hydroxylation sites is 1. The van der Waals surface area contributed by atoms with E-state index in [0.717, 1.165) is 5.56 Å². The summed E-state index contributed by atoms with van der Waals surface area (Å²) >= 11 is 5.17. The van der Waals surface area contributed by atoms with E-state index in [4.69, 9.17) is 4.18 Å². The highest BCUT2D eigenvalue weighted by Crippen LogP contribution is 2.57. The topological polar surface area (TPSA) is 83.8 Å². The van der Waals surface area contributed by atoms with Gasteiger partial charge in [0.15, 0.2) is 5.75 Å². The molecule has 2 rings (SSSR count). The van der Waals surface area contributed by atoms with Crippen LogP contribution in [-0.2, 0) is 21.9 Å². The lowest BCUT2D eigenvalue weighted by atomic mass is 10.2. The van der Waals surface area contributed by atoms with Gasteiger partial charge in [0.25, 0.3) is 0 Å². The van der Waals surface area contributed by atoms with Crippen LogP contribution < -0.4 is 4.18 Å². The zero-order valence-electron chi connectivity index (χ0n) is 11.4. The van der Waals surface area contributed by atoms with E-state index < -0.39 is 15.8 Å². The average molecular weight is 376 g/mol. The lowest BCUT2D eigenvalue weighted by molar-refractivity contribution is 0.479. The fourth-order valence-electron chi connectivity index (χ4n) is 1.59. The van der Waals surface area contributed by atoms with Crippen LogP contribution in [-0.4, -0.2) is 18.2 Å². The number of hydrogen-bond acceptors (Lipinski definition) is 5. The predicted molar refractivity (Wildman–Crippen MR) is 90.0 cm³/mol. The van der Waals surface area contributed by atoms with E-state index in [1.807, 2.05) is 6.92 Å². The second kappa shape index (κ2) is 6.70. The molecule has 9 heteroatoms. The first-order chi connectivity index (χ1) is 10.2. The molecular formula is C13H13O5PS3. The standard InChI is InChI=1S/C13H13O5PS3/c1-10-6-8-11(9-7-10)22(16,17)18-12-4-2-3-5-13(12)21-19(14,15)20/h2-9H,1H3,(H2,14,15,20). The quantitative estimate of drug-likeness (QED) is 0.613. The summed E-state index contributed by atoms with van der Waals surface area (Å²) in [6, 6.07) is 12.4. The first-order valence-electron chi connectivity index (χ1n) is 6.03. The van der Waals surface area contributed by atoms with Crippen molar-refractivity contribution in [3.05, 3.63) is 54.1 Å². The predicted octanol–water partition coefficient (Wildman–Crippen LogP) is 3.06. The summed E-state index contributed by atoms with van der Waals surface area (Å²) in [5.74, 6) is 0.00500. The molecule has 0 radical (unpaired) electrons. The van der Waals surface area contributed by atoms with Crippen molar-refractivity contribution in [2.45, 2.75) is 16.7 Å². The second-order valence-electron chi connectivity index (χ2n) is 4.38. The Hall–Kier alpha value is -0.890. The number of benzene rings is 2. The molecule has 2 aromatic carbocycles. The third-order valence-corrected chi connectivity index (χ3v) is 6.57. The Bertz CT molecular complexity index is 812. The summed E-state index contributed by atoms with van der Waals surface area (Å²) in [6.07, 6.45) is 0. The minimum Gasteiger partial charge on any atom is -0.378 e. The molecule has 118 valence electrons. The highest BCUT2D eigenvalue weighted by molar-refractivity contribution is 8.67. The van der Waals surface area contributed by atoms with Crippen molar-refractivity contribution in [1.82, 2.24) is 0 Å². The van der Waals surface area contributed by atoms with Crippen LogP contribution >= 0.6 is 17.1 Å². The Morgan fingerprint density at radius 2 is 1.68 bits per heavy atom. The Morgan fingerprint density at radius 1 is 1.09 bits per heavy atom. The molecule has 0 amide bonds. The Morgan fingerprint density at radius 3 is 2.27 bits per heavy atom. The summed E-state index contributed by atoms with van der Waals surface area (Å²) in [7, 11) is -4.01. The molecule has 0 fully saturated rings. The molecule has 0 heterocycles. The van der Waals surface area contributed by atoms with Gasteiger partial charge in [-0.25, -0.2) is 0 Å². The first kappa shape index (κ1) is 17.5. The van der Waals surface area contributed by atoms with Crippen LogP contribution in [0.1, 0.15) is 5.56 Å². The fourth-order valence-corrected chi connectivity index (χ4v) is 5.13. The lowest BCUT2D eigenvalue weighted by Gasteiger charge is -2.12. The summed E-state index contributed by atoms with van der Waals surface area (Å²) in [6.45, 7) is 1.85. The van der Waals surface area contributed by atoms with Crippen molar-refractivity contribution in [3.63, 3.8) is 0 Å². The van der Waals surface area contributed by atoms with Gasteiger partial charge in [0.2, 0.25) is 5.69 Å². The van der Waals surface area contributed by atoms with Gasteiger partial charge in [-0.2, -0.15) is 8.42 Å². The molecule has 22 heavy (non-hydrogen) atoms. The van der Waals surface area contributed by atoms with E-state index in [1.165, 1.54) is 24.3 Å². The molecule has 0 aliphatic carbocycles. The first-order valence-corrected chi connectivity index (χ1v) is 11.6. The number of rotatable bonds is 5. The second-order valence-corrected chi connectivity index (χ2v) is 11.8. The van der Waals surface area contributed by atoms with Crippen molar-refractivity contribution in [3.8, 4) is 5.75 Å². The third kappa shape index (κ3) is 4.81. The Balaban J connectivity index is 2.34. The van der Waals surface area contributed by atoms with Gasteiger partial charge in [0, 0.05) is 0 Å². The van der Waals surface area contributed by atoms with Gasteiger partial charge in [-0.3, -0.25) is 0 Å². The zero-order valence-corrected chi connectivity index (χ0v) is 14.8. The zero-order chi connectivity index (χ0) is 16.4. The van der Waals surface area contributed by atoms with Gasteiger partial charge < -0.3 is 14.0 Å². The van der Waals surface area contributed by atoms with E-state index in [1.54, 1.807) is 24.3 Å². The van der Waals surface area contributed by atoms with Crippen molar-refractivity contribution >= 4 is 39.0 Å². The number of hydrogen-bond donors (Lipinski definition) is 2. The van der Waals surface area contributed by atoms with E-state index in [2.05, 4.69) is 11.8 Å². The van der Waals surface area contributed by atoms with Gasteiger partial charge in [0.05, 0.1) is 4.90 Å². The van der Waals surface area contributed by atoms with Crippen LogP contribution in [0.5, 0.6) is 5.75 Å². The summed E-state index contributed by atoms with van der Waals surface area (Å²) in [5.41, 5.74) is -2.66. The van der Waals surface area contributed by atoms with Crippen LogP contribution in [0.4, 0.5) is 0 Å². The normalized spacial score (nSPS) is 12.1. The highest BCUT2D eigenvalue weighted by Gasteiger charge is 2.20. The monoisotopic (exact) mass is 376 g/mol.